The zero-order chi connectivity index (χ0) is 18.9. The molecular formula is C19H25FN2O3. The van der Waals surface area contributed by atoms with Gasteiger partial charge in [-0.05, 0) is 31.9 Å². The van der Waals surface area contributed by atoms with Gasteiger partial charge in [0.25, 0.3) is 5.91 Å². The minimum absolute atomic E-state index is 0.0167. The lowest BCUT2D eigenvalue weighted by Gasteiger charge is -2.33. The van der Waals surface area contributed by atoms with Gasteiger partial charge in [-0.3, -0.25) is 9.59 Å². The first kappa shape index (κ1) is 20.6. The maximum absolute atomic E-state index is 13.5. The van der Waals surface area contributed by atoms with Gasteiger partial charge in [-0.15, -0.1) is 13.2 Å². The van der Waals surface area contributed by atoms with Crippen LogP contribution in [0, 0.1) is 5.82 Å². The highest BCUT2D eigenvalue weighted by atomic mass is 19.1. The summed E-state index contributed by atoms with van der Waals surface area (Å²) in [5, 5.41) is 15.8. The fourth-order valence-electron chi connectivity index (χ4n) is 2.41. The lowest BCUT2D eigenvalue weighted by Crippen LogP contribution is -2.51. The van der Waals surface area contributed by atoms with Gasteiger partial charge >= 0.3 is 0 Å². The fraction of sp³-hybridized carbons (Fsp3) is 0.368. The van der Waals surface area contributed by atoms with Gasteiger partial charge in [-0.2, -0.15) is 0 Å². The van der Waals surface area contributed by atoms with Gasteiger partial charge in [-0.1, -0.05) is 24.3 Å². The Morgan fingerprint density at radius 3 is 2.44 bits per heavy atom. The summed E-state index contributed by atoms with van der Waals surface area (Å²) in [7, 11) is 0. The van der Waals surface area contributed by atoms with Crippen molar-refractivity contribution in [2.45, 2.75) is 37.8 Å². The number of carbonyl (C=O) groups excluding carboxylic acids is 2. The average Bonchev–Trinajstić information content (AvgIpc) is 2.55. The molecule has 1 unspecified atom stereocenters. The van der Waals surface area contributed by atoms with Crippen molar-refractivity contribution in [3.63, 3.8) is 0 Å². The number of nitrogens with one attached hydrogen (secondary N) is 2. The van der Waals surface area contributed by atoms with Crippen LogP contribution in [0.2, 0.25) is 0 Å². The molecule has 3 N–H and O–H groups in total. The van der Waals surface area contributed by atoms with Crippen LogP contribution in [0.4, 0.5) is 4.39 Å². The lowest BCUT2D eigenvalue weighted by molar-refractivity contribution is -0.123. The Hall–Kier alpha value is -2.47. The third-order valence-corrected chi connectivity index (χ3v) is 3.94. The predicted molar refractivity (Wildman–Crippen MR) is 95.5 cm³/mol. The average molecular weight is 348 g/mol. The maximum atomic E-state index is 13.5. The Morgan fingerprint density at radius 1 is 1.28 bits per heavy atom. The Morgan fingerprint density at radius 2 is 1.88 bits per heavy atom. The maximum Gasteiger partial charge on any atom is 0.254 e. The van der Waals surface area contributed by atoms with E-state index in [0.717, 1.165) is 0 Å². The van der Waals surface area contributed by atoms with E-state index in [4.69, 9.17) is 0 Å². The molecule has 0 aliphatic carbocycles. The summed E-state index contributed by atoms with van der Waals surface area (Å²) in [5.74, 6) is -1.52. The summed E-state index contributed by atoms with van der Waals surface area (Å²) in [6, 6.07) is 5.11. The van der Waals surface area contributed by atoms with E-state index in [9.17, 15) is 19.1 Å². The number of hydrogen-bond donors (Lipinski definition) is 3. The third-order valence-electron chi connectivity index (χ3n) is 3.94. The topological polar surface area (TPSA) is 78.4 Å². The van der Waals surface area contributed by atoms with Crippen molar-refractivity contribution < 1.29 is 19.1 Å². The first-order valence-electron chi connectivity index (χ1n) is 8.10. The molecular weight excluding hydrogens is 323 g/mol. The van der Waals surface area contributed by atoms with Crippen molar-refractivity contribution in [3.8, 4) is 0 Å². The number of benzene rings is 1. The number of halogens is 1. The third kappa shape index (κ3) is 6.15. The summed E-state index contributed by atoms with van der Waals surface area (Å²) in [5.41, 5.74) is -1.22. The molecule has 0 spiro atoms. The molecule has 6 heteroatoms. The van der Waals surface area contributed by atoms with Gasteiger partial charge in [0.1, 0.15) is 5.82 Å². The first-order chi connectivity index (χ1) is 11.8. The Balaban J connectivity index is 2.49. The van der Waals surface area contributed by atoms with Crippen LogP contribution in [-0.4, -0.2) is 35.1 Å². The van der Waals surface area contributed by atoms with Crippen LogP contribution >= 0.6 is 0 Å². The highest BCUT2D eigenvalue weighted by Gasteiger charge is 2.32. The van der Waals surface area contributed by atoms with E-state index in [2.05, 4.69) is 23.8 Å². The zero-order valence-corrected chi connectivity index (χ0v) is 14.4. The van der Waals surface area contributed by atoms with Crippen LogP contribution in [-0.2, 0) is 4.79 Å². The van der Waals surface area contributed by atoms with E-state index in [-0.39, 0.29) is 24.4 Å². The van der Waals surface area contributed by atoms with Crippen molar-refractivity contribution in [2.24, 2.45) is 0 Å². The van der Waals surface area contributed by atoms with Crippen LogP contribution in [0.3, 0.4) is 0 Å². The van der Waals surface area contributed by atoms with E-state index in [0.29, 0.717) is 12.8 Å². The molecule has 1 atom stereocenters. The Labute approximate surface area is 147 Å². The van der Waals surface area contributed by atoms with Gasteiger partial charge in [0.15, 0.2) is 0 Å². The molecule has 2 amide bonds. The molecule has 0 aromatic heterocycles. The summed E-state index contributed by atoms with van der Waals surface area (Å²) < 4.78 is 13.5. The van der Waals surface area contributed by atoms with Crippen molar-refractivity contribution in [3.05, 3.63) is 61.0 Å². The summed E-state index contributed by atoms with van der Waals surface area (Å²) >= 11 is 0. The second-order valence-electron chi connectivity index (χ2n) is 5.86. The Bertz CT molecular complexity index is 621. The van der Waals surface area contributed by atoms with Crippen LogP contribution in [0.25, 0.3) is 0 Å². The smallest absolute Gasteiger partial charge is 0.254 e. The largest absolute Gasteiger partial charge is 0.387 e. The number of amides is 2. The van der Waals surface area contributed by atoms with Crippen LogP contribution in [0.1, 0.15) is 36.5 Å². The second-order valence-corrected chi connectivity index (χ2v) is 5.86. The lowest BCUT2D eigenvalue weighted by atomic mass is 9.88. The van der Waals surface area contributed by atoms with Crippen LogP contribution < -0.4 is 10.6 Å². The van der Waals surface area contributed by atoms with Gasteiger partial charge in [0, 0.05) is 13.0 Å². The summed E-state index contributed by atoms with van der Waals surface area (Å²) in [6.45, 7) is 8.98. The molecule has 0 fully saturated rings. The molecule has 0 radical (unpaired) electrons. The first-order valence-corrected chi connectivity index (χ1v) is 8.10. The fourth-order valence-corrected chi connectivity index (χ4v) is 2.41. The standard InChI is InChI=1S/C19H25FN2O3/c1-4-11-19(25,12-5-2)14(3)22-17(23)10-13-21-18(24)15-8-6-7-9-16(15)20/h4-9,14,25H,1-2,10-13H2,3H3,(H,21,24)(H,22,23). The highest BCUT2D eigenvalue weighted by Crippen LogP contribution is 2.21. The molecule has 0 bridgehead atoms. The Kier molecular flexibility index (Phi) is 8.01. The summed E-state index contributed by atoms with van der Waals surface area (Å²) in [6.07, 6.45) is 3.80. The van der Waals surface area contributed by atoms with Crippen molar-refractivity contribution >= 4 is 11.8 Å². The normalized spacial score (nSPS) is 12.1. The minimum atomic E-state index is -1.16. The van der Waals surface area contributed by atoms with E-state index in [1.54, 1.807) is 25.1 Å². The number of hydrogen-bond acceptors (Lipinski definition) is 3. The molecule has 136 valence electrons. The van der Waals surface area contributed by atoms with E-state index in [1.165, 1.54) is 18.2 Å². The van der Waals surface area contributed by atoms with Gasteiger partial charge in [0.05, 0.1) is 17.2 Å². The van der Waals surface area contributed by atoms with E-state index < -0.39 is 23.4 Å². The number of carbonyl (C=O) groups is 2. The van der Waals surface area contributed by atoms with Gasteiger partial charge in [-0.25, -0.2) is 4.39 Å². The molecule has 0 heterocycles. The number of aliphatic hydroxyl groups is 1. The predicted octanol–water partition coefficient (Wildman–Crippen LogP) is 2.33. The monoisotopic (exact) mass is 348 g/mol. The molecule has 0 aliphatic rings. The molecule has 1 aromatic carbocycles. The molecule has 0 saturated carbocycles. The molecule has 5 nitrogen and oxygen atoms in total. The SMILES string of the molecule is C=CCC(O)(CC=C)C(C)NC(=O)CCNC(=O)c1ccccc1F. The van der Waals surface area contributed by atoms with Crippen LogP contribution in [0.15, 0.2) is 49.6 Å². The molecule has 0 aliphatic heterocycles. The highest BCUT2D eigenvalue weighted by molar-refractivity contribution is 5.94. The minimum Gasteiger partial charge on any atom is -0.387 e. The quantitative estimate of drug-likeness (QED) is 0.568. The molecule has 25 heavy (non-hydrogen) atoms. The molecule has 1 rings (SSSR count). The second kappa shape index (κ2) is 9.74. The van der Waals surface area contributed by atoms with Gasteiger partial charge < -0.3 is 15.7 Å². The van der Waals surface area contributed by atoms with Crippen molar-refractivity contribution in [2.75, 3.05) is 6.54 Å². The van der Waals surface area contributed by atoms with Crippen molar-refractivity contribution in [1.82, 2.24) is 10.6 Å². The van der Waals surface area contributed by atoms with E-state index >= 15 is 0 Å². The zero-order valence-electron chi connectivity index (χ0n) is 14.4. The summed E-state index contributed by atoms with van der Waals surface area (Å²) in [4.78, 5) is 23.8. The van der Waals surface area contributed by atoms with Crippen molar-refractivity contribution in [1.29, 1.82) is 0 Å². The van der Waals surface area contributed by atoms with Crippen LogP contribution in [0.5, 0.6) is 0 Å². The van der Waals surface area contributed by atoms with Gasteiger partial charge in [0.2, 0.25) is 5.91 Å². The molecule has 0 saturated heterocycles. The number of rotatable bonds is 10. The molecule has 1 aromatic rings. The van der Waals surface area contributed by atoms with E-state index in [1.807, 2.05) is 0 Å².